The maximum absolute atomic E-state index is 12.6. The molecule has 144 valence electrons. The van der Waals surface area contributed by atoms with Crippen molar-refractivity contribution < 1.29 is 9.53 Å². The summed E-state index contributed by atoms with van der Waals surface area (Å²) in [5, 5.41) is 2.83. The first-order valence-electron chi connectivity index (χ1n) is 9.27. The van der Waals surface area contributed by atoms with Crippen molar-refractivity contribution in [2.24, 2.45) is 0 Å². The number of para-hydroxylation sites is 1. The zero-order valence-electron chi connectivity index (χ0n) is 16.1. The van der Waals surface area contributed by atoms with Gasteiger partial charge >= 0.3 is 0 Å². The van der Waals surface area contributed by atoms with Crippen LogP contribution >= 0.6 is 0 Å². The molecule has 0 atom stereocenters. The highest BCUT2D eigenvalue weighted by atomic mass is 16.5. The lowest BCUT2D eigenvalue weighted by molar-refractivity contribution is 0.0932. The van der Waals surface area contributed by atoms with Gasteiger partial charge in [-0.15, -0.1) is 0 Å². The molecule has 3 rings (SSSR count). The molecule has 0 saturated heterocycles. The van der Waals surface area contributed by atoms with Crippen molar-refractivity contribution in [3.63, 3.8) is 0 Å². The van der Waals surface area contributed by atoms with Gasteiger partial charge in [0.25, 0.3) is 5.91 Å². The minimum Gasteiger partial charge on any atom is -0.383 e. The lowest BCUT2D eigenvalue weighted by Crippen LogP contribution is -2.28. The van der Waals surface area contributed by atoms with Crippen LogP contribution in [0.4, 0.5) is 11.5 Å². The van der Waals surface area contributed by atoms with Gasteiger partial charge in [-0.1, -0.05) is 48.5 Å². The van der Waals surface area contributed by atoms with Gasteiger partial charge in [0.2, 0.25) is 0 Å². The second kappa shape index (κ2) is 9.62. The maximum atomic E-state index is 12.6. The predicted molar refractivity (Wildman–Crippen MR) is 111 cm³/mol. The summed E-state index contributed by atoms with van der Waals surface area (Å²) in [5.41, 5.74) is 2.20. The predicted octanol–water partition coefficient (Wildman–Crippen LogP) is 3.68. The molecule has 6 heteroatoms. The molecule has 28 heavy (non-hydrogen) atoms. The van der Waals surface area contributed by atoms with Gasteiger partial charge in [0.1, 0.15) is 11.5 Å². The Morgan fingerprint density at radius 2 is 1.71 bits per heavy atom. The first-order chi connectivity index (χ1) is 13.7. The Morgan fingerprint density at radius 1 is 1.04 bits per heavy atom. The third kappa shape index (κ3) is 4.72. The summed E-state index contributed by atoms with van der Waals surface area (Å²) >= 11 is 0. The number of aromatic nitrogens is 2. The molecule has 0 unspecified atom stereocenters. The van der Waals surface area contributed by atoms with E-state index in [4.69, 9.17) is 9.72 Å². The summed E-state index contributed by atoms with van der Waals surface area (Å²) in [4.78, 5) is 23.9. The van der Waals surface area contributed by atoms with Gasteiger partial charge < -0.3 is 15.0 Å². The van der Waals surface area contributed by atoms with Crippen LogP contribution in [0.5, 0.6) is 0 Å². The highest BCUT2D eigenvalue weighted by molar-refractivity contribution is 5.93. The van der Waals surface area contributed by atoms with E-state index in [0.29, 0.717) is 37.0 Å². The molecule has 1 aromatic heterocycles. The zero-order chi connectivity index (χ0) is 19.8. The van der Waals surface area contributed by atoms with E-state index in [1.165, 1.54) is 0 Å². The molecule has 6 nitrogen and oxygen atoms in total. The number of benzene rings is 2. The lowest BCUT2D eigenvalue weighted by Gasteiger charge is -2.23. The molecular weight excluding hydrogens is 352 g/mol. The van der Waals surface area contributed by atoms with Crippen LogP contribution < -0.4 is 10.2 Å². The summed E-state index contributed by atoms with van der Waals surface area (Å²) in [6.07, 6.45) is 0. The molecule has 2 aromatic carbocycles. The van der Waals surface area contributed by atoms with Gasteiger partial charge in [-0.05, 0) is 19.1 Å². The molecule has 0 saturated carbocycles. The number of nitrogens with one attached hydrogen (secondary N) is 1. The molecule has 3 aromatic rings. The Morgan fingerprint density at radius 3 is 2.36 bits per heavy atom. The molecule has 1 heterocycles. The van der Waals surface area contributed by atoms with Gasteiger partial charge in [0, 0.05) is 37.5 Å². The monoisotopic (exact) mass is 376 g/mol. The second-order valence-electron chi connectivity index (χ2n) is 6.13. The Balaban J connectivity index is 2.03. The van der Waals surface area contributed by atoms with Crippen molar-refractivity contribution in [1.29, 1.82) is 0 Å². The average Bonchev–Trinajstić information content (AvgIpc) is 2.75. The highest BCUT2D eigenvalue weighted by Gasteiger charge is 2.17. The van der Waals surface area contributed by atoms with Gasteiger partial charge in [-0.2, -0.15) is 0 Å². The molecule has 0 fully saturated rings. The second-order valence-corrected chi connectivity index (χ2v) is 6.13. The van der Waals surface area contributed by atoms with E-state index in [1.54, 1.807) is 13.2 Å². The van der Waals surface area contributed by atoms with Crippen molar-refractivity contribution >= 4 is 17.4 Å². The van der Waals surface area contributed by atoms with E-state index in [0.717, 1.165) is 11.3 Å². The molecule has 0 aliphatic heterocycles. The van der Waals surface area contributed by atoms with Crippen LogP contribution in [0.2, 0.25) is 0 Å². The molecule has 0 aliphatic rings. The van der Waals surface area contributed by atoms with E-state index in [9.17, 15) is 4.79 Å². The Kier molecular flexibility index (Phi) is 6.70. The number of hydrogen-bond donors (Lipinski definition) is 1. The minimum atomic E-state index is -0.248. The quantitative estimate of drug-likeness (QED) is 0.608. The first kappa shape index (κ1) is 19.5. The van der Waals surface area contributed by atoms with Crippen molar-refractivity contribution in [3.05, 3.63) is 72.4 Å². The minimum absolute atomic E-state index is 0.248. The summed E-state index contributed by atoms with van der Waals surface area (Å²) in [7, 11) is 1.60. The maximum Gasteiger partial charge on any atom is 0.270 e. The Labute approximate surface area is 165 Å². The number of methoxy groups -OCH3 is 1. The average molecular weight is 376 g/mol. The molecule has 1 amide bonds. The van der Waals surface area contributed by atoms with Crippen LogP contribution in [-0.2, 0) is 4.74 Å². The van der Waals surface area contributed by atoms with Gasteiger partial charge in [-0.3, -0.25) is 4.79 Å². The standard InChI is InChI=1S/C22H24N4O2/c1-3-26(18-12-8-5-9-13-18)20-16-19(22(27)23-14-15-28-2)24-21(25-20)17-10-6-4-7-11-17/h4-13,16H,3,14-15H2,1-2H3,(H,23,27). The number of anilines is 2. The number of nitrogens with zero attached hydrogens (tertiary/aromatic N) is 3. The van der Waals surface area contributed by atoms with Crippen molar-refractivity contribution in [2.75, 3.05) is 31.7 Å². The number of hydrogen-bond acceptors (Lipinski definition) is 5. The number of carbonyl (C=O) groups excluding carboxylic acids is 1. The van der Waals surface area contributed by atoms with Crippen LogP contribution in [0.1, 0.15) is 17.4 Å². The Hall–Kier alpha value is -3.25. The van der Waals surface area contributed by atoms with E-state index >= 15 is 0 Å². The summed E-state index contributed by atoms with van der Waals surface area (Å²) in [5.74, 6) is 0.950. The number of amides is 1. The summed E-state index contributed by atoms with van der Waals surface area (Å²) in [6, 6.07) is 21.4. The molecule has 0 bridgehead atoms. The van der Waals surface area contributed by atoms with Crippen LogP contribution in [0.15, 0.2) is 66.7 Å². The molecule has 0 aliphatic carbocycles. The normalized spacial score (nSPS) is 10.5. The first-order valence-corrected chi connectivity index (χ1v) is 9.27. The number of carbonyl (C=O) groups is 1. The SMILES string of the molecule is CCN(c1ccccc1)c1cc(C(=O)NCCOC)nc(-c2ccccc2)n1. The molecule has 0 radical (unpaired) electrons. The lowest BCUT2D eigenvalue weighted by atomic mass is 10.2. The Bertz CT molecular complexity index is 901. The van der Waals surface area contributed by atoms with Crippen LogP contribution in [0.25, 0.3) is 11.4 Å². The van der Waals surface area contributed by atoms with Gasteiger partial charge in [0.15, 0.2) is 5.82 Å². The van der Waals surface area contributed by atoms with Gasteiger partial charge in [-0.25, -0.2) is 9.97 Å². The molecule has 1 N–H and O–H groups in total. The number of rotatable bonds is 8. The zero-order valence-corrected chi connectivity index (χ0v) is 16.1. The van der Waals surface area contributed by atoms with Crippen LogP contribution in [0, 0.1) is 0 Å². The van der Waals surface area contributed by atoms with Gasteiger partial charge in [0.05, 0.1) is 6.61 Å². The third-order valence-electron chi connectivity index (χ3n) is 4.23. The number of ether oxygens (including phenoxy) is 1. The van der Waals surface area contributed by atoms with E-state index in [-0.39, 0.29) is 5.91 Å². The summed E-state index contributed by atoms with van der Waals surface area (Å²) < 4.78 is 5.00. The van der Waals surface area contributed by atoms with Crippen molar-refractivity contribution in [1.82, 2.24) is 15.3 Å². The van der Waals surface area contributed by atoms with Crippen LogP contribution in [-0.4, -0.2) is 42.7 Å². The largest absolute Gasteiger partial charge is 0.383 e. The van der Waals surface area contributed by atoms with Crippen molar-refractivity contribution in [2.45, 2.75) is 6.92 Å². The highest BCUT2D eigenvalue weighted by Crippen LogP contribution is 2.26. The van der Waals surface area contributed by atoms with E-state index in [2.05, 4.69) is 22.1 Å². The van der Waals surface area contributed by atoms with E-state index < -0.39 is 0 Å². The fraction of sp³-hybridized carbons (Fsp3) is 0.227. The fourth-order valence-electron chi connectivity index (χ4n) is 2.85. The molecule has 0 spiro atoms. The van der Waals surface area contributed by atoms with Crippen LogP contribution in [0.3, 0.4) is 0 Å². The smallest absolute Gasteiger partial charge is 0.270 e. The topological polar surface area (TPSA) is 67.4 Å². The fourth-order valence-corrected chi connectivity index (χ4v) is 2.85. The summed E-state index contributed by atoms with van der Waals surface area (Å²) in [6.45, 7) is 3.63. The van der Waals surface area contributed by atoms with Crippen molar-refractivity contribution in [3.8, 4) is 11.4 Å². The van der Waals surface area contributed by atoms with E-state index in [1.807, 2.05) is 60.7 Å². The third-order valence-corrected chi connectivity index (χ3v) is 4.23. The molecular formula is C22H24N4O2.